The molecule has 0 heterocycles. The van der Waals surface area contributed by atoms with E-state index in [1.165, 1.54) is 205 Å². The summed E-state index contributed by atoms with van der Waals surface area (Å²) in [5.41, 5.74) is 0. The van der Waals surface area contributed by atoms with Gasteiger partial charge in [-0.25, -0.2) is 0 Å². The normalized spacial score (nSPS) is 12.5. The quantitative estimate of drug-likeness (QED) is 0.0261. The molecule has 0 bridgehead atoms. The summed E-state index contributed by atoms with van der Waals surface area (Å²) < 4.78 is 16.9. The highest BCUT2D eigenvalue weighted by Gasteiger charge is 2.19. The number of rotatable bonds is 61. The SMILES string of the molecule is CCCCC/C=C\C/C=C\C/C=C\CCCCCCCCC(=O)OC(COC(=O)CCCCCCCCCCCCC)COC(=O)CCCCCCCCCCCCCCCC/C=C\C/C=C\C/C=C\CCCCCCC. The largest absolute Gasteiger partial charge is 0.462 e. The summed E-state index contributed by atoms with van der Waals surface area (Å²) in [6.45, 7) is 6.62. The van der Waals surface area contributed by atoms with Gasteiger partial charge in [0.15, 0.2) is 6.10 Å². The predicted octanol–water partition coefficient (Wildman–Crippen LogP) is 22.9. The van der Waals surface area contributed by atoms with Gasteiger partial charge in [0.25, 0.3) is 0 Å². The number of unbranched alkanes of at least 4 members (excludes halogenated alkanes) is 38. The van der Waals surface area contributed by atoms with E-state index in [1.54, 1.807) is 0 Å². The molecular formula is C71H126O6. The molecular weight excluding hydrogens is 949 g/mol. The maximum Gasteiger partial charge on any atom is 0.306 e. The third kappa shape index (κ3) is 63.6. The number of esters is 3. The van der Waals surface area contributed by atoms with E-state index >= 15 is 0 Å². The number of carbonyl (C=O) groups excluding carboxylic acids is 3. The summed E-state index contributed by atoms with van der Waals surface area (Å²) in [6, 6.07) is 0. The Morgan fingerprint density at radius 2 is 0.468 bits per heavy atom. The van der Waals surface area contributed by atoms with E-state index in [2.05, 4.69) is 93.7 Å². The van der Waals surface area contributed by atoms with Crippen LogP contribution in [0.4, 0.5) is 0 Å². The zero-order valence-corrected chi connectivity index (χ0v) is 51.2. The third-order valence-electron chi connectivity index (χ3n) is 14.7. The van der Waals surface area contributed by atoms with Crippen molar-refractivity contribution in [2.75, 3.05) is 13.2 Å². The molecule has 6 nitrogen and oxygen atoms in total. The Bertz CT molecular complexity index is 1420. The Morgan fingerprint density at radius 3 is 0.753 bits per heavy atom. The Balaban J connectivity index is 4.22. The van der Waals surface area contributed by atoms with Gasteiger partial charge in [0.05, 0.1) is 0 Å². The molecule has 0 fully saturated rings. The predicted molar refractivity (Wildman–Crippen MR) is 335 cm³/mol. The van der Waals surface area contributed by atoms with Crippen LogP contribution in [-0.2, 0) is 28.6 Å². The molecule has 6 heteroatoms. The first-order chi connectivity index (χ1) is 38.0. The topological polar surface area (TPSA) is 78.9 Å². The Morgan fingerprint density at radius 1 is 0.260 bits per heavy atom. The molecule has 0 aliphatic rings. The van der Waals surface area contributed by atoms with Crippen LogP contribution in [0.25, 0.3) is 0 Å². The van der Waals surface area contributed by atoms with Gasteiger partial charge in [-0.3, -0.25) is 14.4 Å². The summed E-state index contributed by atoms with van der Waals surface area (Å²) in [6.07, 6.45) is 84.9. The average Bonchev–Trinajstić information content (AvgIpc) is 3.43. The van der Waals surface area contributed by atoms with Gasteiger partial charge in [-0.05, 0) is 96.3 Å². The van der Waals surface area contributed by atoms with E-state index in [9.17, 15) is 14.4 Å². The summed E-state index contributed by atoms with van der Waals surface area (Å²) in [5.74, 6) is -0.876. The van der Waals surface area contributed by atoms with Gasteiger partial charge >= 0.3 is 17.9 Å². The lowest BCUT2D eigenvalue weighted by molar-refractivity contribution is -0.167. The number of hydrogen-bond acceptors (Lipinski definition) is 6. The lowest BCUT2D eigenvalue weighted by Gasteiger charge is -2.18. The van der Waals surface area contributed by atoms with Gasteiger partial charge in [-0.2, -0.15) is 0 Å². The monoisotopic (exact) mass is 1070 g/mol. The van der Waals surface area contributed by atoms with Gasteiger partial charge in [0.2, 0.25) is 0 Å². The molecule has 0 spiro atoms. The molecule has 77 heavy (non-hydrogen) atoms. The van der Waals surface area contributed by atoms with Crippen molar-refractivity contribution in [3.63, 3.8) is 0 Å². The highest BCUT2D eigenvalue weighted by atomic mass is 16.6. The van der Waals surface area contributed by atoms with E-state index in [0.29, 0.717) is 19.3 Å². The first kappa shape index (κ1) is 73.8. The first-order valence-corrected chi connectivity index (χ1v) is 33.4. The Hall–Kier alpha value is -3.15. The van der Waals surface area contributed by atoms with Crippen molar-refractivity contribution in [3.8, 4) is 0 Å². The van der Waals surface area contributed by atoms with Crippen LogP contribution in [-0.4, -0.2) is 37.2 Å². The van der Waals surface area contributed by atoms with Crippen molar-refractivity contribution in [1.29, 1.82) is 0 Å². The number of carbonyl (C=O) groups is 3. The summed E-state index contributed by atoms with van der Waals surface area (Å²) >= 11 is 0. The van der Waals surface area contributed by atoms with Crippen molar-refractivity contribution in [3.05, 3.63) is 72.9 Å². The van der Waals surface area contributed by atoms with Crippen molar-refractivity contribution >= 4 is 17.9 Å². The van der Waals surface area contributed by atoms with E-state index < -0.39 is 6.10 Å². The second-order valence-corrected chi connectivity index (χ2v) is 22.4. The first-order valence-electron chi connectivity index (χ1n) is 33.4. The minimum atomic E-state index is -0.781. The standard InChI is InChI=1S/C71H126O6/c1-4-7-10-13-16-19-22-24-26-28-30-31-32-33-34-35-36-37-38-39-41-42-44-46-49-52-55-58-61-64-70(73)76-67-68(66-75-69(72)63-60-57-54-51-48-21-18-15-12-9-6-3)77-71(74)65-62-59-56-53-50-47-45-43-40-29-27-25-23-20-17-14-11-8-5-2/h17,20,22,24-25,27-28,30,32-33,40,43,68H,4-16,18-19,21,23,26,29,31,34-39,41-42,44-67H2,1-3H3/b20-17-,24-22-,27-25-,30-28-,33-32-,43-40-. The van der Waals surface area contributed by atoms with E-state index in [-0.39, 0.29) is 31.1 Å². The number of ether oxygens (including phenoxy) is 3. The third-order valence-corrected chi connectivity index (χ3v) is 14.7. The highest BCUT2D eigenvalue weighted by Crippen LogP contribution is 2.17. The second kappa shape index (κ2) is 65.4. The van der Waals surface area contributed by atoms with Gasteiger partial charge < -0.3 is 14.2 Å². The number of hydrogen-bond donors (Lipinski definition) is 0. The zero-order chi connectivity index (χ0) is 55.7. The van der Waals surface area contributed by atoms with Crippen LogP contribution >= 0.6 is 0 Å². The zero-order valence-electron chi connectivity index (χ0n) is 51.2. The summed E-state index contributed by atoms with van der Waals surface area (Å²) in [7, 11) is 0. The maximum absolute atomic E-state index is 12.9. The fraction of sp³-hybridized carbons (Fsp3) is 0.789. The molecule has 0 aromatic heterocycles. The fourth-order valence-corrected chi connectivity index (χ4v) is 9.64. The lowest BCUT2D eigenvalue weighted by Crippen LogP contribution is -2.30. The van der Waals surface area contributed by atoms with Crippen LogP contribution in [0.2, 0.25) is 0 Å². The second-order valence-electron chi connectivity index (χ2n) is 22.4. The molecule has 446 valence electrons. The Kier molecular flexibility index (Phi) is 62.7. The molecule has 0 aliphatic heterocycles. The van der Waals surface area contributed by atoms with Crippen LogP contribution in [0, 0.1) is 0 Å². The molecule has 1 atom stereocenters. The average molecular weight is 1080 g/mol. The fourth-order valence-electron chi connectivity index (χ4n) is 9.64. The van der Waals surface area contributed by atoms with E-state index in [1.807, 2.05) is 0 Å². The molecule has 0 saturated heterocycles. The summed E-state index contributed by atoms with van der Waals surface area (Å²) in [4.78, 5) is 38.3. The van der Waals surface area contributed by atoms with Crippen LogP contribution < -0.4 is 0 Å². The van der Waals surface area contributed by atoms with Crippen LogP contribution in [0.3, 0.4) is 0 Å². The van der Waals surface area contributed by atoms with Gasteiger partial charge in [0, 0.05) is 19.3 Å². The van der Waals surface area contributed by atoms with Crippen LogP contribution in [0.1, 0.15) is 342 Å². The summed E-state index contributed by atoms with van der Waals surface area (Å²) in [5, 5.41) is 0. The van der Waals surface area contributed by atoms with Crippen molar-refractivity contribution in [2.45, 2.75) is 348 Å². The van der Waals surface area contributed by atoms with Crippen molar-refractivity contribution < 1.29 is 28.6 Å². The molecule has 0 amide bonds. The van der Waals surface area contributed by atoms with Gasteiger partial charge in [0.1, 0.15) is 13.2 Å². The van der Waals surface area contributed by atoms with Crippen molar-refractivity contribution in [2.24, 2.45) is 0 Å². The molecule has 0 aromatic carbocycles. The molecule has 0 rings (SSSR count). The lowest BCUT2D eigenvalue weighted by atomic mass is 10.0. The molecule has 0 aromatic rings. The minimum Gasteiger partial charge on any atom is -0.462 e. The molecule has 0 saturated carbocycles. The molecule has 0 N–H and O–H groups in total. The van der Waals surface area contributed by atoms with E-state index in [0.717, 1.165) is 96.3 Å². The van der Waals surface area contributed by atoms with Crippen molar-refractivity contribution in [1.82, 2.24) is 0 Å². The molecule has 0 radical (unpaired) electrons. The minimum absolute atomic E-state index is 0.0774. The van der Waals surface area contributed by atoms with Crippen LogP contribution in [0.15, 0.2) is 72.9 Å². The maximum atomic E-state index is 12.9. The van der Waals surface area contributed by atoms with Crippen LogP contribution in [0.5, 0.6) is 0 Å². The molecule has 1 unspecified atom stereocenters. The highest BCUT2D eigenvalue weighted by molar-refractivity contribution is 5.71. The van der Waals surface area contributed by atoms with Gasteiger partial charge in [-0.15, -0.1) is 0 Å². The molecule has 0 aliphatic carbocycles. The number of allylic oxidation sites excluding steroid dienone is 12. The smallest absolute Gasteiger partial charge is 0.306 e. The van der Waals surface area contributed by atoms with E-state index in [4.69, 9.17) is 14.2 Å². The Labute approximate surface area is 478 Å². The van der Waals surface area contributed by atoms with Gasteiger partial charge in [-0.1, -0.05) is 299 Å².